The van der Waals surface area contributed by atoms with E-state index in [2.05, 4.69) is 58.9 Å². The van der Waals surface area contributed by atoms with Crippen LogP contribution >= 0.6 is 27.0 Å². The quantitative estimate of drug-likeness (QED) is 0.0107. The number of carbonyl (C=O) groups excluding carboxylic acids is 5. The van der Waals surface area contributed by atoms with Crippen molar-refractivity contribution < 1.29 is 42.9 Å². The first-order chi connectivity index (χ1) is 34.8. The summed E-state index contributed by atoms with van der Waals surface area (Å²) in [5.41, 5.74) is 7.35. The molecule has 0 spiro atoms. The number of unbranched alkanes of at least 4 members (excludes halogenated alkanes) is 1. The first kappa shape index (κ1) is 62.4. The van der Waals surface area contributed by atoms with Crippen molar-refractivity contribution in [3.8, 4) is 22.6 Å². The van der Waals surface area contributed by atoms with Crippen molar-refractivity contribution in [3.63, 3.8) is 0 Å². The molecular formula is C57H77N7O9S2. The third-order valence-corrected chi connectivity index (χ3v) is 11.4. The van der Waals surface area contributed by atoms with Crippen LogP contribution in [0.3, 0.4) is 0 Å². The number of fused-ring (bicyclic) bond motifs is 2. The molecule has 406 valence electrons. The number of hydrogen-bond acceptors (Lipinski definition) is 10. The zero-order valence-electron chi connectivity index (χ0n) is 44.3. The smallest absolute Gasteiger partial charge is 0.407 e. The predicted octanol–water partition coefficient (Wildman–Crippen LogP) is 8.47. The van der Waals surface area contributed by atoms with E-state index in [0.717, 1.165) is 38.2 Å². The molecular weight excluding hydrogens is 991 g/mol. The Morgan fingerprint density at radius 1 is 0.653 bits per heavy atom. The number of rotatable bonds is 25. The zero-order chi connectivity index (χ0) is 53.0. The minimum atomic E-state index is -1.16. The molecule has 3 atom stereocenters. The summed E-state index contributed by atoms with van der Waals surface area (Å²) in [4.78, 5) is 72.3. The highest BCUT2D eigenvalue weighted by atomic mass is 32.1. The lowest BCUT2D eigenvalue weighted by molar-refractivity contribution is -0.149. The zero-order valence-corrected chi connectivity index (χ0v) is 46.3. The molecule has 16 nitrogen and oxygen atoms in total. The van der Waals surface area contributed by atoms with Gasteiger partial charge in [0.1, 0.15) is 41.8 Å². The summed E-state index contributed by atoms with van der Waals surface area (Å²) in [6.45, 7) is 15.9. The Bertz CT molecular complexity index is 2710. The lowest BCUT2D eigenvalue weighted by Gasteiger charge is -2.25. The van der Waals surface area contributed by atoms with Crippen molar-refractivity contribution in [2.24, 2.45) is 16.1 Å². The van der Waals surface area contributed by atoms with Crippen LogP contribution in [0.4, 0.5) is 4.79 Å². The van der Waals surface area contributed by atoms with Gasteiger partial charge in [-0.05, 0) is 104 Å². The Morgan fingerprint density at radius 3 is 1.76 bits per heavy atom. The minimum Gasteiger partial charge on any atom is -0.492 e. The van der Waals surface area contributed by atoms with Crippen molar-refractivity contribution >= 4 is 84.3 Å². The summed E-state index contributed by atoms with van der Waals surface area (Å²) in [5, 5.41) is 17.9. The summed E-state index contributed by atoms with van der Waals surface area (Å²) in [7, 11) is 1.54. The molecule has 0 heterocycles. The monoisotopic (exact) mass is 1070 g/mol. The maximum atomic E-state index is 14.5. The highest BCUT2D eigenvalue weighted by Gasteiger charge is 2.30. The maximum absolute atomic E-state index is 14.5. The standard InChI is InChI=1S/C57H73N7O9.2H2S/c1-9-20-45(53(68)71-35-38-21-11-10-12-22-38)64-52(67)44(28-19-34-60-54(58)59-8)63-51(66)43(27-17-18-33-61-55(69)73-57(5,6)7)62-48(65)36-70-46-31-29-39-23-13-15-25-41(39)49(46)50-42-26-16-14-24-40(42)30-32-47(50)72-37-56(2,3)4;;/h9-16,21-26,29-32,43-45H,1,17-20,27-28,33-37H2,2-8H3,(H,61,69)(H,62,65)(H,63,66)(H,64,67)(H3,58,59,60);2*1H2/t43-,44-,45+;;/m1../s1. The molecule has 0 aliphatic heterocycles. The number of esters is 1. The van der Waals surface area contributed by atoms with E-state index in [1.165, 1.54) is 13.1 Å². The minimum absolute atomic E-state index is 0. The highest BCUT2D eigenvalue weighted by Crippen LogP contribution is 2.46. The van der Waals surface area contributed by atoms with E-state index in [4.69, 9.17) is 24.7 Å². The van der Waals surface area contributed by atoms with Crippen LogP contribution in [0.5, 0.6) is 11.5 Å². The van der Waals surface area contributed by atoms with Gasteiger partial charge < -0.3 is 51.3 Å². The van der Waals surface area contributed by atoms with E-state index < -0.39 is 60.1 Å². The SMILES string of the molecule is C=CC[C@H](NC(=O)[C@@H](CCCNC(N)=NC)NC(=O)[C@@H](CCCCNC(=O)OC(C)(C)C)NC(=O)COc1ccc2ccccc2c1-c1c(OCC(C)(C)C)ccc2ccccc12)C(=O)OCc1ccccc1.S.S. The average Bonchev–Trinajstić information content (AvgIpc) is 3.36. The van der Waals surface area contributed by atoms with Gasteiger partial charge in [0, 0.05) is 31.3 Å². The third kappa shape index (κ3) is 20.4. The van der Waals surface area contributed by atoms with Crippen molar-refractivity contribution in [2.45, 2.75) is 110 Å². The molecule has 4 amide bonds. The second-order valence-corrected chi connectivity index (χ2v) is 19.9. The summed E-state index contributed by atoms with van der Waals surface area (Å²) < 4.78 is 23.9. The molecule has 0 saturated carbocycles. The van der Waals surface area contributed by atoms with Gasteiger partial charge >= 0.3 is 12.1 Å². The first-order valence-corrected chi connectivity index (χ1v) is 24.8. The van der Waals surface area contributed by atoms with Gasteiger partial charge in [-0.3, -0.25) is 19.4 Å². The van der Waals surface area contributed by atoms with Crippen LogP contribution in [0.1, 0.15) is 85.6 Å². The number of ether oxygens (including phenoxy) is 4. The summed E-state index contributed by atoms with van der Waals surface area (Å²) in [6, 6.07) is 29.4. The molecule has 0 unspecified atom stereocenters. The largest absolute Gasteiger partial charge is 0.492 e. The van der Waals surface area contributed by atoms with Gasteiger partial charge in [0.15, 0.2) is 12.6 Å². The molecule has 5 rings (SSSR count). The van der Waals surface area contributed by atoms with E-state index in [1.807, 2.05) is 103 Å². The van der Waals surface area contributed by atoms with Crippen LogP contribution < -0.4 is 41.8 Å². The Hall–Kier alpha value is -6.92. The first-order valence-electron chi connectivity index (χ1n) is 24.8. The molecule has 7 N–H and O–H groups in total. The van der Waals surface area contributed by atoms with Gasteiger partial charge in [-0.15, -0.1) is 6.58 Å². The molecule has 0 radical (unpaired) electrons. The van der Waals surface area contributed by atoms with E-state index >= 15 is 0 Å². The average molecular weight is 1070 g/mol. The number of nitrogens with zero attached hydrogens (tertiary/aromatic N) is 1. The molecule has 0 aromatic heterocycles. The fourth-order valence-corrected chi connectivity index (χ4v) is 7.81. The second-order valence-electron chi connectivity index (χ2n) is 19.9. The number of nitrogens with one attached hydrogen (secondary N) is 5. The number of guanidine groups is 1. The maximum Gasteiger partial charge on any atom is 0.407 e. The molecule has 0 bridgehead atoms. The number of amides is 4. The van der Waals surface area contributed by atoms with Crippen LogP contribution in [0.2, 0.25) is 0 Å². The van der Waals surface area contributed by atoms with Crippen LogP contribution in [-0.2, 0) is 35.3 Å². The lowest BCUT2D eigenvalue weighted by Crippen LogP contribution is -2.56. The van der Waals surface area contributed by atoms with Crippen LogP contribution in [0.15, 0.2) is 121 Å². The molecule has 0 aliphatic carbocycles. The van der Waals surface area contributed by atoms with Crippen LogP contribution in [0.25, 0.3) is 32.7 Å². The number of carbonyl (C=O) groups is 5. The Balaban J connectivity index is 0.00000741. The highest BCUT2D eigenvalue weighted by molar-refractivity contribution is 7.59. The Kier molecular flexibility index (Phi) is 25.3. The van der Waals surface area contributed by atoms with Gasteiger partial charge in [0.25, 0.3) is 5.91 Å². The predicted molar refractivity (Wildman–Crippen MR) is 308 cm³/mol. The van der Waals surface area contributed by atoms with Gasteiger partial charge in [0.05, 0.1) is 6.61 Å². The normalized spacial score (nSPS) is 12.6. The number of hydrogen-bond donors (Lipinski definition) is 6. The van der Waals surface area contributed by atoms with Gasteiger partial charge in [-0.25, -0.2) is 9.59 Å². The van der Waals surface area contributed by atoms with Crippen LogP contribution in [0, 0.1) is 5.41 Å². The van der Waals surface area contributed by atoms with Gasteiger partial charge in [-0.2, -0.15) is 27.0 Å². The molecule has 75 heavy (non-hydrogen) atoms. The molecule has 5 aromatic rings. The van der Waals surface area contributed by atoms with Crippen LogP contribution in [-0.4, -0.2) is 92.8 Å². The van der Waals surface area contributed by atoms with E-state index in [-0.39, 0.29) is 70.8 Å². The molecule has 5 aromatic carbocycles. The number of alkyl carbamates (subject to hydrolysis) is 1. The number of nitrogens with two attached hydrogens (primary N) is 1. The molecule has 0 fully saturated rings. The summed E-state index contributed by atoms with van der Waals surface area (Å²) in [6.07, 6.45) is 2.39. The van der Waals surface area contributed by atoms with Gasteiger partial charge in [0.2, 0.25) is 11.8 Å². The lowest BCUT2D eigenvalue weighted by atomic mass is 9.92. The second kappa shape index (κ2) is 30.4. The third-order valence-electron chi connectivity index (χ3n) is 11.4. The topological polar surface area (TPSA) is 221 Å². The van der Waals surface area contributed by atoms with E-state index in [9.17, 15) is 24.0 Å². The van der Waals surface area contributed by atoms with Crippen molar-refractivity contribution in [1.82, 2.24) is 26.6 Å². The van der Waals surface area contributed by atoms with Crippen molar-refractivity contribution in [2.75, 3.05) is 33.4 Å². The molecule has 0 aliphatic rings. The summed E-state index contributed by atoms with van der Waals surface area (Å²) >= 11 is 0. The summed E-state index contributed by atoms with van der Waals surface area (Å²) in [5.74, 6) is -1.28. The van der Waals surface area contributed by atoms with Gasteiger partial charge in [-0.1, -0.05) is 118 Å². The molecule has 18 heteroatoms. The molecule has 0 saturated heterocycles. The van der Waals surface area contributed by atoms with Crippen molar-refractivity contribution in [3.05, 3.63) is 121 Å². The number of aliphatic imine (C=N–C) groups is 1. The van der Waals surface area contributed by atoms with E-state index in [0.29, 0.717) is 43.9 Å². The fourth-order valence-electron chi connectivity index (χ4n) is 7.81. The van der Waals surface area contributed by atoms with E-state index in [1.54, 1.807) is 20.8 Å². The van der Waals surface area contributed by atoms with Crippen molar-refractivity contribution in [1.29, 1.82) is 0 Å². The number of benzene rings is 5. The fraction of sp³-hybridized carbons (Fsp3) is 0.404. The Labute approximate surface area is 455 Å². The Morgan fingerprint density at radius 2 is 1.19 bits per heavy atom.